The largest absolute Gasteiger partial charge is 0.481 e. The first-order valence-electron chi connectivity index (χ1n) is 5.76. The van der Waals surface area contributed by atoms with E-state index < -0.39 is 11.9 Å². The summed E-state index contributed by atoms with van der Waals surface area (Å²) in [6, 6.07) is 3.62. The Kier molecular flexibility index (Phi) is 3.92. The number of likely N-dealkylation sites (tertiary alicyclic amines) is 1. The Bertz CT molecular complexity index is 474. The molecule has 1 aromatic rings. The van der Waals surface area contributed by atoms with Crippen molar-refractivity contribution in [1.82, 2.24) is 4.90 Å². The monoisotopic (exact) mass is 287 g/mol. The first kappa shape index (κ1) is 13.4. The van der Waals surface area contributed by atoms with E-state index in [0.29, 0.717) is 23.8 Å². The van der Waals surface area contributed by atoms with Gasteiger partial charge in [-0.15, -0.1) is 11.3 Å². The Morgan fingerprint density at radius 1 is 1.56 bits per heavy atom. The van der Waals surface area contributed by atoms with Crippen LogP contribution in [0.3, 0.4) is 0 Å². The lowest BCUT2D eigenvalue weighted by atomic mass is 10.1. The quantitative estimate of drug-likeness (QED) is 0.929. The molecule has 0 unspecified atom stereocenters. The van der Waals surface area contributed by atoms with Gasteiger partial charge in [-0.3, -0.25) is 9.59 Å². The van der Waals surface area contributed by atoms with Crippen LogP contribution in [0.4, 0.5) is 0 Å². The maximum absolute atomic E-state index is 12.2. The molecular formula is C12H14ClNO3S. The molecule has 0 spiro atoms. The third-order valence-corrected chi connectivity index (χ3v) is 4.65. The number of nitrogens with zero attached hydrogens (tertiary/aromatic N) is 1. The number of carbonyl (C=O) groups excluding carboxylic acids is 1. The molecule has 1 aliphatic rings. The number of aliphatic carboxylic acids is 1. The maximum atomic E-state index is 12.2. The van der Waals surface area contributed by atoms with E-state index in [-0.39, 0.29) is 11.8 Å². The van der Waals surface area contributed by atoms with Crippen LogP contribution in [0.2, 0.25) is 4.34 Å². The van der Waals surface area contributed by atoms with Gasteiger partial charge in [0.15, 0.2) is 0 Å². The molecule has 1 aliphatic heterocycles. The van der Waals surface area contributed by atoms with Gasteiger partial charge in [-0.2, -0.15) is 0 Å². The molecule has 0 bridgehead atoms. The van der Waals surface area contributed by atoms with Gasteiger partial charge in [0.25, 0.3) is 0 Å². The van der Waals surface area contributed by atoms with Crippen LogP contribution in [0, 0.1) is 5.92 Å². The normalized spacial score (nSPS) is 21.0. The fraction of sp³-hybridized carbons (Fsp3) is 0.500. The molecule has 98 valence electrons. The van der Waals surface area contributed by atoms with Crippen LogP contribution in [-0.4, -0.2) is 35.0 Å². The number of halogens is 1. The molecule has 1 aromatic heterocycles. The Hall–Kier alpha value is -1.07. The summed E-state index contributed by atoms with van der Waals surface area (Å²) in [4.78, 5) is 25.6. The average Bonchev–Trinajstić information content (AvgIpc) is 2.95. The molecule has 2 atom stereocenters. The maximum Gasteiger partial charge on any atom is 0.308 e. The number of hydrogen-bond donors (Lipinski definition) is 1. The number of hydrogen-bond acceptors (Lipinski definition) is 3. The van der Waals surface area contributed by atoms with E-state index in [1.165, 1.54) is 11.3 Å². The number of carboxylic acids is 1. The van der Waals surface area contributed by atoms with Crippen LogP contribution in [0.25, 0.3) is 0 Å². The summed E-state index contributed by atoms with van der Waals surface area (Å²) in [5.41, 5.74) is 0. The van der Waals surface area contributed by atoms with Gasteiger partial charge in [0.1, 0.15) is 0 Å². The molecule has 1 amide bonds. The summed E-state index contributed by atoms with van der Waals surface area (Å²) < 4.78 is 0.662. The van der Waals surface area contributed by atoms with Crippen LogP contribution < -0.4 is 0 Å². The summed E-state index contributed by atoms with van der Waals surface area (Å²) in [5, 5.41) is 8.92. The minimum absolute atomic E-state index is 0.0164. The predicted octanol–water partition coefficient (Wildman–Crippen LogP) is 2.44. The van der Waals surface area contributed by atoms with Crippen molar-refractivity contribution in [3.05, 3.63) is 21.3 Å². The van der Waals surface area contributed by atoms with Crippen molar-refractivity contribution in [2.24, 2.45) is 5.92 Å². The Labute approximate surface area is 114 Å². The van der Waals surface area contributed by atoms with E-state index in [2.05, 4.69) is 0 Å². The van der Waals surface area contributed by atoms with Crippen molar-refractivity contribution in [3.8, 4) is 0 Å². The molecule has 1 fully saturated rings. The first-order chi connectivity index (χ1) is 8.49. The van der Waals surface area contributed by atoms with Crippen molar-refractivity contribution in [2.45, 2.75) is 19.3 Å². The van der Waals surface area contributed by atoms with Crippen molar-refractivity contribution >= 4 is 34.8 Å². The van der Waals surface area contributed by atoms with E-state index in [1.54, 1.807) is 11.0 Å². The zero-order chi connectivity index (χ0) is 13.3. The van der Waals surface area contributed by atoms with E-state index in [4.69, 9.17) is 16.7 Å². The minimum Gasteiger partial charge on any atom is -0.481 e. The van der Waals surface area contributed by atoms with Gasteiger partial charge in [-0.25, -0.2) is 0 Å². The molecule has 2 rings (SSSR count). The second-order valence-corrected chi connectivity index (χ2v) is 6.22. The van der Waals surface area contributed by atoms with E-state index in [1.807, 2.05) is 13.0 Å². The number of carboxylic acid groups (broad SMARTS) is 1. The number of rotatable bonds is 3. The van der Waals surface area contributed by atoms with Crippen molar-refractivity contribution in [1.29, 1.82) is 0 Å². The number of thiophene rings is 1. The lowest BCUT2D eigenvalue weighted by molar-refractivity contribution is -0.141. The summed E-state index contributed by atoms with van der Waals surface area (Å²) in [7, 11) is 0. The van der Waals surface area contributed by atoms with Gasteiger partial charge in [-0.05, 0) is 25.5 Å². The van der Waals surface area contributed by atoms with E-state index in [0.717, 1.165) is 4.88 Å². The van der Waals surface area contributed by atoms with Crippen LogP contribution in [0.15, 0.2) is 12.1 Å². The second kappa shape index (κ2) is 5.28. The van der Waals surface area contributed by atoms with Crippen molar-refractivity contribution < 1.29 is 14.7 Å². The molecule has 0 aliphatic carbocycles. The molecule has 0 saturated carbocycles. The first-order valence-corrected chi connectivity index (χ1v) is 6.95. The minimum atomic E-state index is -0.822. The van der Waals surface area contributed by atoms with Gasteiger partial charge < -0.3 is 10.0 Å². The highest BCUT2D eigenvalue weighted by molar-refractivity contribution is 7.16. The van der Waals surface area contributed by atoms with Crippen LogP contribution >= 0.6 is 22.9 Å². The molecule has 0 aromatic carbocycles. The summed E-state index contributed by atoms with van der Waals surface area (Å²) in [6.07, 6.45) is 0.541. The molecule has 18 heavy (non-hydrogen) atoms. The molecule has 1 N–H and O–H groups in total. The SMILES string of the molecule is C[C@@H](C(=O)N1CC[C@@H](C(=O)O)C1)c1ccc(Cl)s1. The highest BCUT2D eigenvalue weighted by Gasteiger charge is 2.33. The topological polar surface area (TPSA) is 57.6 Å². The summed E-state index contributed by atoms with van der Waals surface area (Å²) >= 11 is 7.24. The lowest BCUT2D eigenvalue weighted by Gasteiger charge is -2.19. The molecule has 6 heteroatoms. The van der Waals surface area contributed by atoms with Crippen molar-refractivity contribution in [2.75, 3.05) is 13.1 Å². The lowest BCUT2D eigenvalue weighted by Crippen LogP contribution is -2.32. The van der Waals surface area contributed by atoms with Crippen LogP contribution in [0.1, 0.15) is 24.1 Å². The molecule has 1 saturated heterocycles. The smallest absolute Gasteiger partial charge is 0.308 e. The average molecular weight is 288 g/mol. The number of carbonyl (C=O) groups is 2. The Balaban J connectivity index is 2.02. The summed E-state index contributed by atoms with van der Waals surface area (Å²) in [6.45, 7) is 2.68. The van der Waals surface area contributed by atoms with Crippen LogP contribution in [-0.2, 0) is 9.59 Å². The standard InChI is InChI=1S/C12H14ClNO3S/c1-7(9-2-3-10(13)18-9)11(15)14-5-4-8(6-14)12(16)17/h2-3,7-8H,4-6H2,1H3,(H,16,17)/t7-,8-/m1/s1. The third kappa shape index (κ3) is 2.67. The van der Waals surface area contributed by atoms with E-state index in [9.17, 15) is 9.59 Å². The fourth-order valence-corrected chi connectivity index (χ4v) is 3.22. The Morgan fingerprint density at radius 3 is 2.78 bits per heavy atom. The van der Waals surface area contributed by atoms with Gasteiger partial charge in [-0.1, -0.05) is 11.6 Å². The molecule has 4 nitrogen and oxygen atoms in total. The predicted molar refractivity (Wildman–Crippen MR) is 70.1 cm³/mol. The zero-order valence-electron chi connectivity index (χ0n) is 9.93. The molecule has 0 radical (unpaired) electrons. The zero-order valence-corrected chi connectivity index (χ0v) is 11.5. The van der Waals surface area contributed by atoms with Gasteiger partial charge in [0, 0.05) is 18.0 Å². The molecular weight excluding hydrogens is 274 g/mol. The van der Waals surface area contributed by atoms with Gasteiger partial charge >= 0.3 is 5.97 Å². The second-order valence-electron chi connectivity index (χ2n) is 4.47. The van der Waals surface area contributed by atoms with Gasteiger partial charge in [0.05, 0.1) is 16.2 Å². The summed E-state index contributed by atoms with van der Waals surface area (Å²) in [5.74, 6) is -1.52. The Morgan fingerprint density at radius 2 is 2.28 bits per heavy atom. The highest BCUT2D eigenvalue weighted by atomic mass is 35.5. The number of amides is 1. The third-order valence-electron chi connectivity index (χ3n) is 3.24. The van der Waals surface area contributed by atoms with Gasteiger partial charge in [0.2, 0.25) is 5.91 Å². The molecule has 2 heterocycles. The fourth-order valence-electron chi connectivity index (χ4n) is 2.12. The van der Waals surface area contributed by atoms with Crippen molar-refractivity contribution in [3.63, 3.8) is 0 Å². The van der Waals surface area contributed by atoms with E-state index >= 15 is 0 Å². The highest BCUT2D eigenvalue weighted by Crippen LogP contribution is 2.30. The van der Waals surface area contributed by atoms with Crippen LogP contribution in [0.5, 0.6) is 0 Å².